The Labute approximate surface area is 97.9 Å². The molecular weight excluding hydrogens is 255 g/mol. The van der Waals surface area contributed by atoms with Crippen LogP contribution in [0.1, 0.15) is 24.3 Å². The van der Waals surface area contributed by atoms with E-state index in [0.29, 0.717) is 10.2 Å². The van der Waals surface area contributed by atoms with Crippen LogP contribution < -0.4 is 0 Å². The minimum absolute atomic E-state index is 0.0423. The number of Topliss-reactive ketones (excluding diaryl/α,β-unsaturated/α-hetero) is 1. The summed E-state index contributed by atoms with van der Waals surface area (Å²) in [6.45, 7) is 5.67. The summed E-state index contributed by atoms with van der Waals surface area (Å²) in [4.78, 5) is 17.9. The van der Waals surface area contributed by atoms with Crippen LogP contribution in [0.2, 0.25) is 0 Å². The third kappa shape index (κ3) is 2.98. The molecule has 80 valence electrons. The van der Waals surface area contributed by atoms with Crippen molar-refractivity contribution in [2.75, 3.05) is 13.1 Å². The van der Waals surface area contributed by atoms with Gasteiger partial charge in [0.1, 0.15) is 0 Å². The Morgan fingerprint density at radius 3 is 2.53 bits per heavy atom. The Bertz CT molecular complexity index is 347. The number of hydrogen-bond donors (Lipinski definition) is 0. The molecule has 0 saturated carbocycles. The van der Waals surface area contributed by atoms with Gasteiger partial charge in [-0.25, -0.2) is 0 Å². The number of carbonyl (C=O) groups is 1. The first kappa shape index (κ1) is 12.1. The van der Waals surface area contributed by atoms with Crippen LogP contribution >= 0.6 is 0 Å². The third-order valence-electron chi connectivity index (χ3n) is 2.14. The number of aromatic nitrogens is 1. The van der Waals surface area contributed by atoms with Gasteiger partial charge < -0.3 is 0 Å². The van der Waals surface area contributed by atoms with E-state index in [1.54, 1.807) is 18.3 Å². The first-order valence-electron chi connectivity index (χ1n) is 4.95. The molecule has 1 aromatic rings. The Balaban J connectivity index is 2.82. The number of rotatable bonds is 5. The molecule has 0 aromatic carbocycles. The maximum atomic E-state index is 11.9. The van der Waals surface area contributed by atoms with E-state index < -0.39 is 0 Å². The number of ketones is 1. The van der Waals surface area contributed by atoms with Crippen LogP contribution in [0.15, 0.2) is 24.4 Å². The zero-order chi connectivity index (χ0) is 11.3. The Morgan fingerprint density at radius 2 is 2.07 bits per heavy atom. The second-order valence-electron chi connectivity index (χ2n) is 3.02. The molecular formula is C11H14N2OSe. The summed E-state index contributed by atoms with van der Waals surface area (Å²) >= 11 is 2.83. The van der Waals surface area contributed by atoms with Gasteiger partial charge in [-0.15, -0.1) is 0 Å². The van der Waals surface area contributed by atoms with Crippen molar-refractivity contribution < 1.29 is 4.79 Å². The Morgan fingerprint density at radius 1 is 1.40 bits per heavy atom. The fourth-order valence-electron chi connectivity index (χ4n) is 1.26. The van der Waals surface area contributed by atoms with Crippen LogP contribution in [0.25, 0.3) is 0 Å². The van der Waals surface area contributed by atoms with Gasteiger partial charge in [0, 0.05) is 0 Å². The quantitative estimate of drug-likeness (QED) is 0.588. The van der Waals surface area contributed by atoms with Gasteiger partial charge >= 0.3 is 97.6 Å². The molecule has 3 nitrogen and oxygen atoms in total. The third-order valence-corrected chi connectivity index (χ3v) is 3.07. The maximum absolute atomic E-state index is 11.9. The Kier molecular flexibility index (Phi) is 4.66. The normalized spacial score (nSPS) is 9.73. The fourth-order valence-corrected chi connectivity index (χ4v) is 2.02. The first-order chi connectivity index (χ1) is 7.20. The second-order valence-corrected chi connectivity index (χ2v) is 3.83. The van der Waals surface area contributed by atoms with E-state index >= 15 is 0 Å². The summed E-state index contributed by atoms with van der Waals surface area (Å²) in [5.41, 5.74) is 0.484. The van der Waals surface area contributed by atoms with Crippen LogP contribution in [0.5, 0.6) is 0 Å². The molecule has 1 heterocycles. The van der Waals surface area contributed by atoms with E-state index in [4.69, 9.17) is 0 Å². The average Bonchev–Trinajstić information content (AvgIpc) is 2.30. The molecule has 0 radical (unpaired) electrons. The molecule has 0 amide bonds. The molecule has 0 spiro atoms. The van der Waals surface area contributed by atoms with Crippen LogP contribution in [0, 0.1) is 0 Å². The second kappa shape index (κ2) is 5.79. The molecule has 1 aromatic heterocycles. The van der Waals surface area contributed by atoms with Crippen molar-refractivity contribution in [2.24, 2.45) is 0 Å². The molecule has 0 fully saturated rings. The molecule has 0 unspecified atom stereocenters. The summed E-state index contributed by atoms with van der Waals surface area (Å²) < 4.78 is 0.638. The summed E-state index contributed by atoms with van der Waals surface area (Å²) in [5, 5.41) is 0. The molecule has 0 aliphatic rings. The average molecular weight is 269 g/mol. The van der Waals surface area contributed by atoms with Gasteiger partial charge in [-0.3, -0.25) is 0 Å². The van der Waals surface area contributed by atoms with Crippen LogP contribution in [0.3, 0.4) is 0 Å². The summed E-state index contributed by atoms with van der Waals surface area (Å²) in [5.74, 6) is -0.0423. The van der Waals surface area contributed by atoms with Crippen molar-refractivity contribution in [3.05, 3.63) is 30.1 Å². The predicted molar refractivity (Wildman–Crippen MR) is 62.2 cm³/mol. The fraction of sp³-hybridized carbons (Fsp3) is 0.364. The van der Waals surface area contributed by atoms with Crippen LogP contribution in [-0.4, -0.2) is 48.9 Å². The standard InChI is InChI=1S/C11H14N2OSe/c1-3-13(4-2)11(15)10(14)9-7-5-6-8-12-9/h5-8H,3-4H2,1-2H3. The van der Waals surface area contributed by atoms with Crippen molar-refractivity contribution in [3.63, 3.8) is 0 Å². The van der Waals surface area contributed by atoms with Gasteiger partial charge in [-0.05, 0) is 0 Å². The Hall–Kier alpha value is -0.991. The molecule has 0 N–H and O–H groups in total. The molecule has 0 aliphatic carbocycles. The SMILES string of the molecule is CCN(CC)C(=[Se])C(=O)c1ccccn1. The number of hydrogen-bond acceptors (Lipinski definition) is 3. The molecule has 0 aliphatic heterocycles. The van der Waals surface area contributed by atoms with Gasteiger partial charge in [0.05, 0.1) is 0 Å². The molecule has 0 saturated heterocycles. The van der Waals surface area contributed by atoms with Crippen LogP contribution in [-0.2, 0) is 0 Å². The van der Waals surface area contributed by atoms with Crippen molar-refractivity contribution >= 4 is 25.9 Å². The molecule has 0 atom stereocenters. The van der Waals surface area contributed by atoms with E-state index in [1.165, 1.54) is 0 Å². The van der Waals surface area contributed by atoms with E-state index in [9.17, 15) is 4.79 Å². The van der Waals surface area contributed by atoms with Gasteiger partial charge in [0.2, 0.25) is 0 Å². The predicted octanol–water partition coefficient (Wildman–Crippen LogP) is 0.905. The van der Waals surface area contributed by atoms with Crippen molar-refractivity contribution in [3.8, 4) is 0 Å². The molecule has 15 heavy (non-hydrogen) atoms. The number of carbonyl (C=O) groups excluding carboxylic acids is 1. The van der Waals surface area contributed by atoms with Gasteiger partial charge in [-0.1, -0.05) is 0 Å². The monoisotopic (exact) mass is 270 g/mol. The van der Waals surface area contributed by atoms with Crippen molar-refractivity contribution in [1.29, 1.82) is 0 Å². The summed E-state index contributed by atoms with van der Waals surface area (Å²) in [6, 6.07) is 5.34. The van der Waals surface area contributed by atoms with E-state index in [1.807, 2.05) is 24.8 Å². The first-order valence-corrected chi connectivity index (χ1v) is 5.81. The van der Waals surface area contributed by atoms with Gasteiger partial charge in [0.25, 0.3) is 0 Å². The van der Waals surface area contributed by atoms with Crippen LogP contribution in [0.4, 0.5) is 0 Å². The zero-order valence-corrected chi connectivity index (χ0v) is 10.6. The van der Waals surface area contributed by atoms with E-state index in [0.717, 1.165) is 13.1 Å². The molecule has 1 rings (SSSR count). The van der Waals surface area contributed by atoms with E-state index in [2.05, 4.69) is 20.6 Å². The topological polar surface area (TPSA) is 33.2 Å². The minimum atomic E-state index is -0.0423. The van der Waals surface area contributed by atoms with E-state index in [-0.39, 0.29) is 5.78 Å². The van der Waals surface area contributed by atoms with Crippen molar-refractivity contribution in [1.82, 2.24) is 9.88 Å². The summed E-state index contributed by atoms with van der Waals surface area (Å²) in [6.07, 6.45) is 1.63. The zero-order valence-electron chi connectivity index (χ0n) is 8.93. The number of nitrogens with zero attached hydrogens (tertiary/aromatic N) is 2. The van der Waals surface area contributed by atoms with Crippen molar-refractivity contribution in [2.45, 2.75) is 13.8 Å². The molecule has 4 heteroatoms. The summed E-state index contributed by atoms with van der Waals surface area (Å²) in [7, 11) is 0. The van der Waals surface area contributed by atoms with Gasteiger partial charge in [0.15, 0.2) is 0 Å². The van der Waals surface area contributed by atoms with Gasteiger partial charge in [-0.2, -0.15) is 0 Å². The number of pyridine rings is 1. The number of likely N-dealkylation sites (N-methyl/N-ethyl adjacent to an activating group) is 1. The molecule has 0 bridgehead atoms.